The Labute approximate surface area is 79.1 Å². The molecule has 0 amide bonds. The first kappa shape index (κ1) is 8.19. The van der Waals surface area contributed by atoms with Crippen molar-refractivity contribution in [1.29, 1.82) is 0 Å². The van der Waals surface area contributed by atoms with E-state index in [4.69, 9.17) is 11.6 Å². The van der Waals surface area contributed by atoms with E-state index in [2.05, 4.69) is 10.1 Å². The summed E-state index contributed by atoms with van der Waals surface area (Å²) in [6.45, 7) is 1.45. The minimum atomic E-state index is -0.140. The van der Waals surface area contributed by atoms with Gasteiger partial charge < -0.3 is 0 Å². The minimum Gasteiger partial charge on any atom is -0.273 e. The molecule has 0 saturated heterocycles. The van der Waals surface area contributed by atoms with E-state index in [-0.39, 0.29) is 5.91 Å². The Morgan fingerprint density at radius 1 is 1.54 bits per heavy atom. The molecule has 0 spiro atoms. The predicted octanol–water partition coefficient (Wildman–Crippen LogP) is 1.74. The van der Waals surface area contributed by atoms with Crippen molar-refractivity contribution in [3.8, 4) is 0 Å². The normalized spacial score (nSPS) is 10.6. The van der Waals surface area contributed by atoms with Crippen molar-refractivity contribution in [1.82, 2.24) is 14.8 Å². The van der Waals surface area contributed by atoms with Gasteiger partial charge in [0.15, 0.2) is 0 Å². The quantitative estimate of drug-likeness (QED) is 0.602. The molecule has 0 atom stereocenters. The summed E-state index contributed by atoms with van der Waals surface area (Å²) >= 11 is 5.67. The number of carbonyl (C=O) groups is 1. The Kier molecular flexibility index (Phi) is 1.77. The highest BCUT2D eigenvalue weighted by Crippen LogP contribution is 2.15. The van der Waals surface area contributed by atoms with E-state index in [9.17, 15) is 4.79 Å². The number of aromatic nitrogens is 3. The van der Waals surface area contributed by atoms with Crippen LogP contribution in [0.3, 0.4) is 0 Å². The van der Waals surface area contributed by atoms with Crippen LogP contribution in [0.5, 0.6) is 0 Å². The topological polar surface area (TPSA) is 47.8 Å². The monoisotopic (exact) mass is 195 g/mol. The molecule has 2 aromatic heterocycles. The van der Waals surface area contributed by atoms with Crippen LogP contribution in [0.2, 0.25) is 5.15 Å². The highest BCUT2D eigenvalue weighted by molar-refractivity contribution is 6.30. The van der Waals surface area contributed by atoms with Gasteiger partial charge in [-0.1, -0.05) is 11.6 Å². The molecule has 0 bridgehead atoms. The van der Waals surface area contributed by atoms with E-state index in [1.807, 2.05) is 0 Å². The Bertz CT molecular complexity index is 477. The van der Waals surface area contributed by atoms with E-state index in [1.165, 1.54) is 17.8 Å². The van der Waals surface area contributed by atoms with E-state index < -0.39 is 0 Å². The van der Waals surface area contributed by atoms with E-state index in [0.29, 0.717) is 10.7 Å². The molecule has 2 aromatic rings. The predicted molar refractivity (Wildman–Crippen MR) is 48.8 cm³/mol. The van der Waals surface area contributed by atoms with Crippen LogP contribution < -0.4 is 0 Å². The molecule has 0 N–H and O–H groups in total. The van der Waals surface area contributed by atoms with Crippen LogP contribution in [-0.2, 0) is 0 Å². The van der Waals surface area contributed by atoms with Crippen molar-refractivity contribution in [3.05, 3.63) is 23.6 Å². The summed E-state index contributed by atoms with van der Waals surface area (Å²) in [6, 6.07) is 1.67. The fourth-order valence-electron chi connectivity index (χ4n) is 1.15. The fourth-order valence-corrected chi connectivity index (χ4v) is 1.32. The number of hydrogen-bond donors (Lipinski definition) is 0. The number of pyridine rings is 1. The first-order valence-electron chi connectivity index (χ1n) is 3.69. The molecule has 2 rings (SSSR count). The third-order valence-electron chi connectivity index (χ3n) is 1.72. The van der Waals surface area contributed by atoms with Gasteiger partial charge in [-0.2, -0.15) is 9.78 Å². The van der Waals surface area contributed by atoms with Crippen molar-refractivity contribution < 1.29 is 4.79 Å². The van der Waals surface area contributed by atoms with Crippen LogP contribution in [0.25, 0.3) is 10.9 Å². The third kappa shape index (κ3) is 1.29. The van der Waals surface area contributed by atoms with Crippen molar-refractivity contribution >= 4 is 28.4 Å². The van der Waals surface area contributed by atoms with Crippen molar-refractivity contribution in [2.75, 3.05) is 0 Å². The molecule has 0 radical (unpaired) electrons. The second-order valence-electron chi connectivity index (χ2n) is 2.64. The lowest BCUT2D eigenvalue weighted by atomic mass is 10.3. The van der Waals surface area contributed by atoms with Gasteiger partial charge in [0.25, 0.3) is 0 Å². The third-order valence-corrected chi connectivity index (χ3v) is 1.93. The molecule has 0 aliphatic carbocycles. The molecule has 0 aliphatic rings. The smallest absolute Gasteiger partial charge is 0.244 e. The molecule has 0 aromatic carbocycles. The van der Waals surface area contributed by atoms with Gasteiger partial charge in [-0.05, 0) is 6.07 Å². The van der Waals surface area contributed by atoms with Gasteiger partial charge in [0, 0.05) is 12.3 Å². The molecule has 2 heterocycles. The summed E-state index contributed by atoms with van der Waals surface area (Å²) in [5.41, 5.74) is 0.678. The standard InChI is InChI=1S/C8H6ClN3O/c1-5(13)12-7-4-10-8(9)2-6(7)3-11-12/h2-4H,1H3. The summed E-state index contributed by atoms with van der Waals surface area (Å²) in [5.74, 6) is -0.140. The maximum absolute atomic E-state index is 11.0. The molecular formula is C8H6ClN3O. The second kappa shape index (κ2) is 2.81. The molecule has 13 heavy (non-hydrogen) atoms. The molecule has 66 valence electrons. The number of nitrogens with zero attached hydrogens (tertiary/aromatic N) is 3. The van der Waals surface area contributed by atoms with Crippen LogP contribution >= 0.6 is 11.6 Å². The fraction of sp³-hybridized carbons (Fsp3) is 0.125. The lowest BCUT2D eigenvalue weighted by molar-refractivity contribution is 0.0926. The molecular weight excluding hydrogens is 190 g/mol. The van der Waals surface area contributed by atoms with Gasteiger partial charge >= 0.3 is 0 Å². The van der Waals surface area contributed by atoms with E-state index in [1.54, 1.807) is 12.3 Å². The van der Waals surface area contributed by atoms with Crippen LogP contribution in [0, 0.1) is 0 Å². The van der Waals surface area contributed by atoms with Gasteiger partial charge in [-0.3, -0.25) is 4.79 Å². The highest BCUT2D eigenvalue weighted by atomic mass is 35.5. The number of fused-ring (bicyclic) bond motifs is 1. The lowest BCUT2D eigenvalue weighted by Crippen LogP contribution is -2.06. The van der Waals surface area contributed by atoms with Gasteiger partial charge in [-0.25, -0.2) is 4.98 Å². The van der Waals surface area contributed by atoms with E-state index in [0.717, 1.165) is 5.39 Å². The summed E-state index contributed by atoms with van der Waals surface area (Å²) in [4.78, 5) is 14.9. The molecule has 0 aliphatic heterocycles. The summed E-state index contributed by atoms with van der Waals surface area (Å²) in [7, 11) is 0. The van der Waals surface area contributed by atoms with Crippen LogP contribution in [0.4, 0.5) is 0 Å². The zero-order valence-corrected chi connectivity index (χ0v) is 7.62. The summed E-state index contributed by atoms with van der Waals surface area (Å²) in [5, 5.41) is 5.12. The Balaban J connectivity index is 2.76. The summed E-state index contributed by atoms with van der Waals surface area (Å²) < 4.78 is 1.29. The molecule has 0 saturated carbocycles. The van der Waals surface area contributed by atoms with Gasteiger partial charge in [-0.15, -0.1) is 0 Å². The molecule has 5 heteroatoms. The SMILES string of the molecule is CC(=O)n1ncc2cc(Cl)ncc21. The zero-order valence-electron chi connectivity index (χ0n) is 6.86. The van der Waals surface area contributed by atoms with Crippen molar-refractivity contribution in [3.63, 3.8) is 0 Å². The highest BCUT2D eigenvalue weighted by Gasteiger charge is 2.06. The first-order chi connectivity index (χ1) is 6.18. The van der Waals surface area contributed by atoms with Crippen LogP contribution in [-0.4, -0.2) is 20.7 Å². The largest absolute Gasteiger partial charge is 0.273 e. The maximum Gasteiger partial charge on any atom is 0.244 e. The van der Waals surface area contributed by atoms with Crippen LogP contribution in [0.1, 0.15) is 11.7 Å². The number of rotatable bonds is 0. The number of carbonyl (C=O) groups excluding carboxylic acids is 1. The van der Waals surface area contributed by atoms with Gasteiger partial charge in [0.2, 0.25) is 5.91 Å². The second-order valence-corrected chi connectivity index (χ2v) is 3.03. The van der Waals surface area contributed by atoms with Gasteiger partial charge in [0.05, 0.1) is 17.9 Å². The van der Waals surface area contributed by atoms with Crippen molar-refractivity contribution in [2.24, 2.45) is 0 Å². The average molecular weight is 196 g/mol. The Hall–Kier alpha value is -1.42. The number of halogens is 1. The first-order valence-corrected chi connectivity index (χ1v) is 4.06. The van der Waals surface area contributed by atoms with Crippen molar-refractivity contribution in [2.45, 2.75) is 6.92 Å². The zero-order chi connectivity index (χ0) is 9.42. The minimum absolute atomic E-state index is 0.140. The number of hydrogen-bond acceptors (Lipinski definition) is 3. The Morgan fingerprint density at radius 2 is 2.31 bits per heavy atom. The molecule has 0 unspecified atom stereocenters. The lowest BCUT2D eigenvalue weighted by Gasteiger charge is -1.95. The maximum atomic E-state index is 11.0. The van der Waals surface area contributed by atoms with E-state index >= 15 is 0 Å². The van der Waals surface area contributed by atoms with Crippen LogP contribution in [0.15, 0.2) is 18.5 Å². The molecule has 4 nitrogen and oxygen atoms in total. The molecule has 0 fully saturated rings. The average Bonchev–Trinajstić information content (AvgIpc) is 2.46. The summed E-state index contributed by atoms with van der Waals surface area (Å²) in [6.07, 6.45) is 3.12. The Morgan fingerprint density at radius 3 is 3.00 bits per heavy atom. The van der Waals surface area contributed by atoms with Gasteiger partial charge in [0.1, 0.15) is 5.15 Å².